The average molecular weight is 305 g/mol. The standard InChI is InChI=1S/C21H24Si/c1-3-7-20(8-4-1)22(21-9-5-2-6-10-21)14-13-19-16-17-11-12-18(19)15-17/h1-12,17-19,22H,13-16H2. The fraction of sp³-hybridized carbons (Fsp3) is 0.333. The zero-order valence-corrected chi connectivity index (χ0v) is 14.2. The van der Waals surface area contributed by atoms with Crippen molar-refractivity contribution in [1.82, 2.24) is 0 Å². The van der Waals surface area contributed by atoms with Crippen molar-refractivity contribution in [2.24, 2.45) is 17.8 Å². The molecule has 0 aliphatic heterocycles. The van der Waals surface area contributed by atoms with E-state index in [9.17, 15) is 0 Å². The highest BCUT2D eigenvalue weighted by Crippen LogP contribution is 2.45. The summed E-state index contributed by atoms with van der Waals surface area (Å²) >= 11 is 0. The molecule has 2 aliphatic rings. The SMILES string of the molecule is C1=CC2CC1CC2CC[SiH](c1ccccc1)c1ccccc1. The Hall–Kier alpha value is -1.60. The molecule has 3 unspecified atom stereocenters. The van der Waals surface area contributed by atoms with E-state index < -0.39 is 8.80 Å². The molecule has 0 radical (unpaired) electrons. The largest absolute Gasteiger partial charge is 0.103 e. The van der Waals surface area contributed by atoms with Gasteiger partial charge in [0.05, 0.1) is 0 Å². The Morgan fingerprint density at radius 1 is 0.773 bits per heavy atom. The molecule has 0 heterocycles. The van der Waals surface area contributed by atoms with E-state index in [4.69, 9.17) is 0 Å². The highest BCUT2D eigenvalue weighted by Gasteiger charge is 2.35. The second kappa shape index (κ2) is 6.25. The van der Waals surface area contributed by atoms with Crippen LogP contribution in [0.25, 0.3) is 0 Å². The van der Waals surface area contributed by atoms with Gasteiger partial charge in [-0.15, -0.1) is 0 Å². The molecule has 0 N–H and O–H groups in total. The maximum Gasteiger partial charge on any atom is 0.103 e. The lowest BCUT2D eigenvalue weighted by Crippen LogP contribution is -2.42. The lowest BCUT2D eigenvalue weighted by Gasteiger charge is -2.22. The first-order chi connectivity index (χ1) is 10.9. The molecule has 2 aromatic rings. The van der Waals surface area contributed by atoms with E-state index in [0.717, 1.165) is 17.8 Å². The van der Waals surface area contributed by atoms with E-state index in [0.29, 0.717) is 0 Å². The Balaban J connectivity index is 1.52. The highest BCUT2D eigenvalue weighted by molar-refractivity contribution is 6.85. The van der Waals surface area contributed by atoms with Crippen molar-refractivity contribution in [1.29, 1.82) is 0 Å². The molecule has 0 spiro atoms. The molecule has 2 aromatic carbocycles. The van der Waals surface area contributed by atoms with Crippen LogP contribution in [0.5, 0.6) is 0 Å². The quantitative estimate of drug-likeness (QED) is 0.584. The van der Waals surface area contributed by atoms with Crippen LogP contribution in [0.1, 0.15) is 19.3 Å². The third kappa shape index (κ3) is 2.82. The fourth-order valence-electron chi connectivity index (χ4n) is 4.50. The lowest BCUT2D eigenvalue weighted by molar-refractivity contribution is 0.433. The molecular weight excluding hydrogens is 280 g/mol. The van der Waals surface area contributed by atoms with Crippen molar-refractivity contribution in [2.45, 2.75) is 25.3 Å². The zero-order chi connectivity index (χ0) is 14.8. The Morgan fingerprint density at radius 2 is 1.41 bits per heavy atom. The molecule has 0 nitrogen and oxygen atoms in total. The molecule has 4 rings (SSSR count). The third-order valence-electron chi connectivity index (χ3n) is 5.65. The molecule has 1 fully saturated rings. The average Bonchev–Trinajstić information content (AvgIpc) is 3.20. The summed E-state index contributed by atoms with van der Waals surface area (Å²) in [5, 5.41) is 3.21. The predicted molar refractivity (Wildman–Crippen MR) is 97.6 cm³/mol. The third-order valence-corrected chi connectivity index (χ3v) is 8.94. The number of fused-ring (bicyclic) bond motifs is 2. The van der Waals surface area contributed by atoms with Crippen molar-refractivity contribution < 1.29 is 0 Å². The van der Waals surface area contributed by atoms with Crippen molar-refractivity contribution in [3.63, 3.8) is 0 Å². The number of allylic oxidation sites excluding steroid dienone is 2. The predicted octanol–water partition coefficient (Wildman–Crippen LogP) is 3.63. The van der Waals surface area contributed by atoms with Crippen LogP contribution >= 0.6 is 0 Å². The fourth-order valence-corrected chi connectivity index (χ4v) is 7.69. The molecule has 0 aromatic heterocycles. The van der Waals surface area contributed by atoms with Gasteiger partial charge in [-0.1, -0.05) is 95.7 Å². The molecule has 0 saturated heterocycles. The Morgan fingerprint density at radius 3 is 1.91 bits per heavy atom. The minimum atomic E-state index is -1.05. The van der Waals surface area contributed by atoms with Gasteiger partial charge in [0.1, 0.15) is 8.80 Å². The van der Waals surface area contributed by atoms with Crippen LogP contribution in [0.2, 0.25) is 6.04 Å². The highest BCUT2D eigenvalue weighted by atomic mass is 28.3. The molecule has 2 bridgehead atoms. The minimum absolute atomic E-state index is 0.895. The van der Waals surface area contributed by atoms with Crippen LogP contribution in [-0.2, 0) is 0 Å². The van der Waals surface area contributed by atoms with Gasteiger partial charge in [-0.3, -0.25) is 0 Å². The summed E-state index contributed by atoms with van der Waals surface area (Å²) in [4.78, 5) is 0. The van der Waals surface area contributed by atoms with E-state index in [1.165, 1.54) is 25.3 Å². The second-order valence-corrected chi connectivity index (χ2v) is 10.0. The summed E-state index contributed by atoms with van der Waals surface area (Å²) in [6.07, 6.45) is 9.27. The van der Waals surface area contributed by atoms with E-state index in [2.05, 4.69) is 72.8 Å². The first-order valence-corrected chi connectivity index (χ1v) is 10.7. The van der Waals surface area contributed by atoms with Gasteiger partial charge in [0.15, 0.2) is 0 Å². The number of hydrogen-bond donors (Lipinski definition) is 0. The molecule has 22 heavy (non-hydrogen) atoms. The molecule has 1 heteroatoms. The van der Waals surface area contributed by atoms with Crippen LogP contribution in [0.15, 0.2) is 72.8 Å². The first-order valence-electron chi connectivity index (χ1n) is 8.68. The molecule has 112 valence electrons. The summed E-state index contributed by atoms with van der Waals surface area (Å²) in [6, 6.07) is 23.9. The lowest BCUT2D eigenvalue weighted by atomic mass is 9.91. The maximum atomic E-state index is 2.50. The monoisotopic (exact) mass is 304 g/mol. The van der Waals surface area contributed by atoms with Gasteiger partial charge in [-0.25, -0.2) is 0 Å². The van der Waals surface area contributed by atoms with Crippen LogP contribution in [-0.4, -0.2) is 8.80 Å². The van der Waals surface area contributed by atoms with Crippen molar-refractivity contribution in [3.8, 4) is 0 Å². The van der Waals surface area contributed by atoms with Gasteiger partial charge in [-0.2, -0.15) is 0 Å². The maximum absolute atomic E-state index is 2.50. The summed E-state index contributed by atoms with van der Waals surface area (Å²) in [5.74, 6) is 2.76. The topological polar surface area (TPSA) is 0 Å². The second-order valence-electron chi connectivity index (χ2n) is 6.99. The smallest absolute Gasteiger partial charge is 0.0851 e. The Labute approximate surface area is 135 Å². The molecule has 0 amide bonds. The van der Waals surface area contributed by atoms with E-state index in [-0.39, 0.29) is 0 Å². The first kappa shape index (κ1) is 14.0. The van der Waals surface area contributed by atoms with Gasteiger partial charge in [0, 0.05) is 0 Å². The Bertz CT molecular complexity index is 592. The number of hydrogen-bond acceptors (Lipinski definition) is 0. The van der Waals surface area contributed by atoms with E-state index >= 15 is 0 Å². The van der Waals surface area contributed by atoms with Crippen molar-refractivity contribution in [3.05, 3.63) is 72.8 Å². The number of benzene rings is 2. The van der Waals surface area contributed by atoms with Gasteiger partial charge in [0.25, 0.3) is 0 Å². The van der Waals surface area contributed by atoms with Crippen molar-refractivity contribution in [2.75, 3.05) is 0 Å². The molecule has 1 saturated carbocycles. The van der Waals surface area contributed by atoms with Crippen LogP contribution in [0.3, 0.4) is 0 Å². The van der Waals surface area contributed by atoms with Crippen molar-refractivity contribution >= 4 is 19.2 Å². The summed E-state index contributed by atoms with van der Waals surface area (Å²) in [7, 11) is -1.05. The van der Waals surface area contributed by atoms with Crippen LogP contribution in [0, 0.1) is 17.8 Å². The van der Waals surface area contributed by atoms with Gasteiger partial charge in [0.2, 0.25) is 0 Å². The summed E-state index contributed by atoms with van der Waals surface area (Å²) in [6.45, 7) is 0. The minimum Gasteiger partial charge on any atom is -0.0851 e. The zero-order valence-electron chi connectivity index (χ0n) is 13.1. The molecule has 2 aliphatic carbocycles. The normalized spacial score (nSPS) is 26.0. The molecule has 3 atom stereocenters. The number of rotatable bonds is 5. The van der Waals surface area contributed by atoms with Gasteiger partial charge >= 0.3 is 0 Å². The van der Waals surface area contributed by atoms with Crippen LogP contribution in [0.4, 0.5) is 0 Å². The van der Waals surface area contributed by atoms with Gasteiger partial charge in [-0.05, 0) is 30.6 Å². The van der Waals surface area contributed by atoms with E-state index in [1.807, 2.05) is 0 Å². The Kier molecular flexibility index (Phi) is 3.99. The summed E-state index contributed by atoms with van der Waals surface area (Å²) < 4.78 is 0. The van der Waals surface area contributed by atoms with Gasteiger partial charge < -0.3 is 0 Å². The summed E-state index contributed by atoms with van der Waals surface area (Å²) in [5.41, 5.74) is 0. The molecular formula is C21H24Si. The van der Waals surface area contributed by atoms with Crippen LogP contribution < -0.4 is 10.4 Å². The van der Waals surface area contributed by atoms with E-state index in [1.54, 1.807) is 10.4 Å².